The lowest BCUT2D eigenvalue weighted by molar-refractivity contribution is -0.225. The van der Waals surface area contributed by atoms with Crippen molar-refractivity contribution in [1.82, 2.24) is 15.0 Å². The maximum absolute atomic E-state index is 10.1. The predicted molar refractivity (Wildman–Crippen MR) is 94.7 cm³/mol. The van der Waals surface area contributed by atoms with Crippen LogP contribution in [0.25, 0.3) is 0 Å². The average Bonchev–Trinajstić information content (AvgIpc) is 3.06. The number of aliphatic hydroxyl groups excluding tert-OH is 2. The molecular weight excluding hydrogens is 358 g/mol. The molecule has 3 rings (SSSR count). The van der Waals surface area contributed by atoms with Gasteiger partial charge in [0.15, 0.2) is 24.3 Å². The molecule has 0 unspecified atom stereocenters. The van der Waals surface area contributed by atoms with Crippen LogP contribution in [0.2, 0.25) is 0 Å². The molecule has 0 radical (unpaired) electrons. The molecule has 0 aromatic carbocycles. The Hall–Kier alpha value is -1.79. The Morgan fingerprint density at radius 2 is 1.67 bits per heavy atom. The Bertz CT molecular complexity index is 646. The third-order valence-corrected chi connectivity index (χ3v) is 4.23. The van der Waals surface area contributed by atoms with Crippen LogP contribution in [-0.4, -0.2) is 96.5 Å². The van der Waals surface area contributed by atoms with Gasteiger partial charge in [-0.1, -0.05) is 0 Å². The largest absolute Gasteiger partial charge is 0.454 e. The van der Waals surface area contributed by atoms with Gasteiger partial charge < -0.3 is 39.0 Å². The number of fused-ring (bicyclic) bond motifs is 1. The summed E-state index contributed by atoms with van der Waals surface area (Å²) in [5.41, 5.74) is 0. The van der Waals surface area contributed by atoms with Crippen molar-refractivity contribution in [2.75, 3.05) is 44.6 Å². The van der Waals surface area contributed by atoms with E-state index in [0.29, 0.717) is 11.9 Å². The highest BCUT2D eigenvalue weighted by molar-refractivity contribution is 5.38. The zero-order valence-corrected chi connectivity index (χ0v) is 16.4. The van der Waals surface area contributed by atoms with E-state index >= 15 is 0 Å². The Kier molecular flexibility index (Phi) is 5.41. The van der Waals surface area contributed by atoms with E-state index in [-0.39, 0.29) is 6.01 Å². The van der Waals surface area contributed by atoms with Gasteiger partial charge >= 0.3 is 6.01 Å². The molecule has 27 heavy (non-hydrogen) atoms. The van der Waals surface area contributed by atoms with E-state index < -0.39 is 43.1 Å². The molecular formula is C16H27N5O6. The second kappa shape index (κ2) is 7.32. The summed E-state index contributed by atoms with van der Waals surface area (Å²) < 4.78 is 23.3. The predicted octanol–water partition coefficient (Wildman–Crippen LogP) is -1.02. The second-order valence-corrected chi connectivity index (χ2v) is 7.41. The van der Waals surface area contributed by atoms with Gasteiger partial charge in [-0.05, 0) is 13.8 Å². The van der Waals surface area contributed by atoms with E-state index in [1.807, 2.05) is 28.2 Å². The molecule has 3 heterocycles. The lowest BCUT2D eigenvalue weighted by Crippen LogP contribution is -2.46. The van der Waals surface area contributed by atoms with Gasteiger partial charge in [0.2, 0.25) is 11.9 Å². The van der Waals surface area contributed by atoms with Crippen molar-refractivity contribution >= 4 is 11.9 Å². The molecule has 0 aliphatic carbocycles. The summed E-state index contributed by atoms with van der Waals surface area (Å²) in [5, 5.41) is 19.5. The van der Waals surface area contributed by atoms with Crippen LogP contribution in [0.4, 0.5) is 11.9 Å². The maximum atomic E-state index is 10.1. The highest BCUT2D eigenvalue weighted by atomic mass is 16.8. The molecule has 0 bridgehead atoms. The third-order valence-electron chi connectivity index (χ3n) is 4.23. The van der Waals surface area contributed by atoms with Crippen LogP contribution in [0.5, 0.6) is 6.01 Å². The number of rotatable bonds is 6. The zero-order chi connectivity index (χ0) is 19.9. The normalized spacial score (nSPS) is 30.1. The Morgan fingerprint density at radius 1 is 1.07 bits per heavy atom. The first-order valence-corrected chi connectivity index (χ1v) is 8.68. The van der Waals surface area contributed by atoms with E-state index in [1.54, 1.807) is 23.6 Å². The van der Waals surface area contributed by atoms with Gasteiger partial charge in [-0.15, -0.1) is 0 Å². The van der Waals surface area contributed by atoms with Gasteiger partial charge in [0.05, 0.1) is 6.61 Å². The quantitative estimate of drug-likeness (QED) is 0.625. The summed E-state index contributed by atoms with van der Waals surface area (Å²) >= 11 is 0. The molecule has 1 aromatic heterocycles. The minimum atomic E-state index is -1.17. The van der Waals surface area contributed by atoms with Gasteiger partial charge in [-0.3, -0.25) is 0 Å². The fourth-order valence-electron chi connectivity index (χ4n) is 2.96. The SMILES string of the molecule is CN(C)c1nc(O[C@H]2[C@@H]3OC(C)(C)O[C@H]3O[C@H]2[C@H](O)CO)nc(N(C)C)n1. The molecule has 11 heteroatoms. The van der Waals surface area contributed by atoms with Crippen LogP contribution < -0.4 is 14.5 Å². The van der Waals surface area contributed by atoms with Crippen LogP contribution in [0.15, 0.2) is 0 Å². The van der Waals surface area contributed by atoms with Crippen molar-refractivity contribution in [2.45, 2.75) is 50.3 Å². The van der Waals surface area contributed by atoms with E-state index in [2.05, 4.69) is 15.0 Å². The number of hydrogen-bond acceptors (Lipinski definition) is 11. The van der Waals surface area contributed by atoms with Crippen molar-refractivity contribution in [2.24, 2.45) is 0 Å². The number of nitrogens with zero attached hydrogens (tertiary/aromatic N) is 5. The second-order valence-electron chi connectivity index (χ2n) is 7.41. The summed E-state index contributed by atoms with van der Waals surface area (Å²) in [7, 11) is 7.23. The standard InChI is InChI=1S/C16H27N5O6/c1-16(2)26-11-10(9(8(23)7-22)24-12(11)27-16)25-15-18-13(20(3)4)17-14(19-15)21(5)6/h8-12,22-23H,7H2,1-6H3/t8-,9+,10-,11+,12-/m1/s1. The topological polar surface area (TPSA) is 123 Å². The first kappa shape index (κ1) is 20.0. The van der Waals surface area contributed by atoms with Crippen LogP contribution in [0.1, 0.15) is 13.8 Å². The van der Waals surface area contributed by atoms with E-state index in [1.165, 1.54) is 0 Å². The molecule has 0 amide bonds. The monoisotopic (exact) mass is 385 g/mol. The first-order chi connectivity index (χ1) is 12.6. The molecule has 1 aromatic rings. The molecule has 2 aliphatic rings. The minimum absolute atomic E-state index is 0.0649. The molecule has 0 saturated carbocycles. The highest BCUT2D eigenvalue weighted by Crippen LogP contribution is 2.39. The summed E-state index contributed by atoms with van der Waals surface area (Å²) in [6.45, 7) is 3.04. The smallest absolute Gasteiger partial charge is 0.323 e. The lowest BCUT2D eigenvalue weighted by atomic mass is 10.1. The average molecular weight is 385 g/mol. The number of aromatic nitrogens is 3. The van der Waals surface area contributed by atoms with Crippen LogP contribution in [0.3, 0.4) is 0 Å². The lowest BCUT2D eigenvalue weighted by Gasteiger charge is -2.28. The Morgan fingerprint density at radius 3 is 2.19 bits per heavy atom. The Balaban J connectivity index is 1.91. The fraction of sp³-hybridized carbons (Fsp3) is 0.812. The summed E-state index contributed by atoms with van der Waals surface area (Å²) in [6.07, 6.45) is -4.12. The van der Waals surface area contributed by atoms with Crippen LogP contribution in [-0.2, 0) is 14.2 Å². The van der Waals surface area contributed by atoms with Gasteiger partial charge in [-0.25, -0.2) is 0 Å². The molecule has 2 fully saturated rings. The number of anilines is 2. The van der Waals surface area contributed by atoms with Gasteiger partial charge in [0.25, 0.3) is 0 Å². The van der Waals surface area contributed by atoms with Crippen molar-refractivity contribution in [3.05, 3.63) is 0 Å². The van der Waals surface area contributed by atoms with Crippen LogP contribution in [0, 0.1) is 0 Å². The van der Waals surface area contributed by atoms with Gasteiger partial charge in [-0.2, -0.15) is 15.0 Å². The molecule has 152 valence electrons. The summed E-state index contributed by atoms with van der Waals surface area (Å²) in [5.74, 6) is -0.0147. The van der Waals surface area contributed by atoms with E-state index in [4.69, 9.17) is 18.9 Å². The zero-order valence-electron chi connectivity index (χ0n) is 16.4. The maximum Gasteiger partial charge on any atom is 0.323 e. The summed E-state index contributed by atoms with van der Waals surface area (Å²) in [6, 6.07) is 0.0649. The van der Waals surface area contributed by atoms with Crippen LogP contribution >= 0.6 is 0 Å². The minimum Gasteiger partial charge on any atom is -0.454 e. The van der Waals surface area contributed by atoms with Gasteiger partial charge in [0.1, 0.15) is 12.2 Å². The van der Waals surface area contributed by atoms with E-state index in [9.17, 15) is 10.2 Å². The van der Waals surface area contributed by atoms with Crippen molar-refractivity contribution in [3.63, 3.8) is 0 Å². The van der Waals surface area contributed by atoms with Crippen molar-refractivity contribution in [1.29, 1.82) is 0 Å². The number of ether oxygens (including phenoxy) is 4. The van der Waals surface area contributed by atoms with E-state index in [0.717, 1.165) is 0 Å². The molecule has 2 saturated heterocycles. The molecule has 5 atom stereocenters. The molecule has 11 nitrogen and oxygen atoms in total. The fourth-order valence-corrected chi connectivity index (χ4v) is 2.96. The molecule has 0 spiro atoms. The first-order valence-electron chi connectivity index (χ1n) is 8.68. The third kappa shape index (κ3) is 4.06. The molecule has 2 aliphatic heterocycles. The van der Waals surface area contributed by atoms with Crippen molar-refractivity contribution in [3.8, 4) is 6.01 Å². The summed E-state index contributed by atoms with van der Waals surface area (Å²) in [4.78, 5) is 16.4. The van der Waals surface area contributed by atoms with Gasteiger partial charge in [0, 0.05) is 28.2 Å². The Labute approximate surface area is 157 Å². The number of aliphatic hydroxyl groups is 2. The molecule has 2 N–H and O–H groups in total. The van der Waals surface area contributed by atoms with Crippen molar-refractivity contribution < 1.29 is 29.2 Å². The number of hydrogen-bond donors (Lipinski definition) is 2. The highest BCUT2D eigenvalue weighted by Gasteiger charge is 2.58.